The molecule has 0 atom stereocenters. The van der Waals surface area contributed by atoms with Crippen molar-refractivity contribution in [1.29, 1.82) is 0 Å². The number of sulfone groups is 1. The number of thiophene rings is 1. The predicted octanol–water partition coefficient (Wildman–Crippen LogP) is 2.96. The third kappa shape index (κ3) is 3.97. The van der Waals surface area contributed by atoms with E-state index in [9.17, 15) is 13.2 Å². The molecule has 130 valence electrons. The molecule has 8 heteroatoms. The molecule has 0 saturated carbocycles. The number of rotatable bonds is 5. The first-order valence-corrected chi connectivity index (χ1v) is 10.3. The summed E-state index contributed by atoms with van der Waals surface area (Å²) in [6, 6.07) is 10.2. The van der Waals surface area contributed by atoms with Gasteiger partial charge in [0.1, 0.15) is 5.82 Å². The van der Waals surface area contributed by atoms with Crippen LogP contribution in [-0.2, 0) is 16.4 Å². The maximum Gasteiger partial charge on any atom is 0.257 e. The Balaban J connectivity index is 1.85. The van der Waals surface area contributed by atoms with Crippen molar-refractivity contribution in [3.8, 4) is 0 Å². The summed E-state index contributed by atoms with van der Waals surface area (Å²) < 4.78 is 25.1. The van der Waals surface area contributed by atoms with Crippen molar-refractivity contribution in [2.75, 3.05) is 11.6 Å². The molecule has 3 aromatic rings. The third-order valence-corrected chi connectivity index (χ3v) is 5.70. The summed E-state index contributed by atoms with van der Waals surface area (Å²) in [6.45, 7) is 2.33. The summed E-state index contributed by atoms with van der Waals surface area (Å²) >= 11 is 1.61. The molecule has 0 bridgehead atoms. The first-order chi connectivity index (χ1) is 11.8. The van der Waals surface area contributed by atoms with Gasteiger partial charge in [-0.2, -0.15) is 5.10 Å². The molecule has 3 rings (SSSR count). The number of carbonyl (C=O) groups excluding carboxylic acids is 1. The van der Waals surface area contributed by atoms with Crippen molar-refractivity contribution < 1.29 is 13.2 Å². The Bertz CT molecular complexity index is 1010. The van der Waals surface area contributed by atoms with Gasteiger partial charge in [-0.1, -0.05) is 12.1 Å². The molecule has 0 aliphatic rings. The Labute approximate surface area is 150 Å². The number of hydrogen-bond acceptors (Lipinski definition) is 5. The van der Waals surface area contributed by atoms with Crippen LogP contribution in [0.4, 0.5) is 5.82 Å². The number of nitrogens with zero attached hydrogens (tertiary/aromatic N) is 2. The Morgan fingerprint density at radius 3 is 2.76 bits per heavy atom. The summed E-state index contributed by atoms with van der Waals surface area (Å²) in [5, 5.41) is 9.02. The van der Waals surface area contributed by atoms with E-state index in [1.807, 2.05) is 17.5 Å². The average Bonchev–Trinajstić information content (AvgIpc) is 3.19. The zero-order valence-corrected chi connectivity index (χ0v) is 15.4. The highest BCUT2D eigenvalue weighted by molar-refractivity contribution is 7.90. The number of nitrogens with one attached hydrogen (secondary N) is 1. The van der Waals surface area contributed by atoms with E-state index in [1.165, 1.54) is 12.1 Å². The fraction of sp³-hybridized carbons (Fsp3) is 0.176. The van der Waals surface area contributed by atoms with Gasteiger partial charge in [-0.05, 0) is 36.1 Å². The molecule has 0 aliphatic carbocycles. The zero-order chi connectivity index (χ0) is 18.0. The maximum atomic E-state index is 12.6. The largest absolute Gasteiger partial charge is 0.307 e. The van der Waals surface area contributed by atoms with Crippen LogP contribution < -0.4 is 5.32 Å². The first-order valence-electron chi connectivity index (χ1n) is 7.51. The molecule has 6 nitrogen and oxygen atoms in total. The molecule has 0 radical (unpaired) electrons. The van der Waals surface area contributed by atoms with E-state index in [2.05, 4.69) is 10.4 Å². The van der Waals surface area contributed by atoms with E-state index in [-0.39, 0.29) is 10.8 Å². The Hall–Kier alpha value is -2.45. The van der Waals surface area contributed by atoms with Gasteiger partial charge < -0.3 is 5.32 Å². The van der Waals surface area contributed by atoms with E-state index in [0.717, 1.165) is 11.1 Å². The van der Waals surface area contributed by atoms with Crippen molar-refractivity contribution >= 4 is 32.9 Å². The van der Waals surface area contributed by atoms with Crippen molar-refractivity contribution in [1.82, 2.24) is 9.78 Å². The second-order valence-electron chi connectivity index (χ2n) is 5.66. The number of aromatic nitrogens is 2. The van der Waals surface area contributed by atoms with Gasteiger partial charge in [-0.3, -0.25) is 4.79 Å². The molecule has 0 unspecified atom stereocenters. The fourth-order valence-corrected chi connectivity index (χ4v) is 3.71. The van der Waals surface area contributed by atoms with E-state index in [1.54, 1.807) is 41.3 Å². The molecule has 0 aliphatic heterocycles. The summed E-state index contributed by atoms with van der Waals surface area (Å²) in [5.74, 6) is 0.193. The molecule has 25 heavy (non-hydrogen) atoms. The van der Waals surface area contributed by atoms with Gasteiger partial charge in [0, 0.05) is 22.8 Å². The van der Waals surface area contributed by atoms with Crippen molar-refractivity contribution in [3.63, 3.8) is 0 Å². The molecular weight excluding hydrogens is 358 g/mol. The van der Waals surface area contributed by atoms with Gasteiger partial charge in [0.15, 0.2) is 9.84 Å². The molecule has 1 aromatic carbocycles. The molecule has 1 amide bonds. The molecule has 1 N–H and O–H groups in total. The lowest BCUT2D eigenvalue weighted by atomic mass is 10.1. The van der Waals surface area contributed by atoms with Crippen molar-refractivity contribution in [3.05, 3.63) is 64.0 Å². The minimum Gasteiger partial charge on any atom is -0.307 e. The third-order valence-electron chi connectivity index (χ3n) is 3.73. The highest BCUT2D eigenvalue weighted by Gasteiger charge is 2.16. The fourth-order valence-electron chi connectivity index (χ4n) is 2.38. The van der Waals surface area contributed by atoms with Gasteiger partial charge >= 0.3 is 0 Å². The normalized spacial score (nSPS) is 11.4. The number of carbonyl (C=O) groups is 1. The number of benzene rings is 1. The lowest BCUT2D eigenvalue weighted by molar-refractivity contribution is 0.102. The average molecular weight is 375 g/mol. The SMILES string of the molecule is Cc1ccc(S(C)(=O)=O)cc1C(=O)Nc1ccnn1Cc1cccs1. The maximum absolute atomic E-state index is 12.6. The van der Waals surface area contributed by atoms with Crippen LogP contribution in [-0.4, -0.2) is 30.4 Å². The monoisotopic (exact) mass is 375 g/mol. The second kappa shape index (κ2) is 6.81. The summed E-state index contributed by atoms with van der Waals surface area (Å²) in [6.07, 6.45) is 2.73. The Morgan fingerprint density at radius 2 is 2.08 bits per heavy atom. The summed E-state index contributed by atoms with van der Waals surface area (Å²) in [5.41, 5.74) is 1.03. The van der Waals surface area contributed by atoms with E-state index in [0.29, 0.717) is 23.5 Å². The number of amides is 1. The van der Waals surface area contributed by atoms with E-state index >= 15 is 0 Å². The predicted molar refractivity (Wildman–Crippen MR) is 97.9 cm³/mol. The van der Waals surface area contributed by atoms with Gasteiger partial charge in [0.25, 0.3) is 5.91 Å². The zero-order valence-electron chi connectivity index (χ0n) is 13.8. The van der Waals surface area contributed by atoms with Crippen LogP contribution in [0.25, 0.3) is 0 Å². The number of anilines is 1. The minimum atomic E-state index is -3.38. The van der Waals surface area contributed by atoms with Crippen LogP contribution in [0.5, 0.6) is 0 Å². The van der Waals surface area contributed by atoms with Gasteiger partial charge in [-0.25, -0.2) is 13.1 Å². The molecule has 2 aromatic heterocycles. The van der Waals surface area contributed by atoms with Gasteiger partial charge in [-0.15, -0.1) is 11.3 Å². The highest BCUT2D eigenvalue weighted by atomic mass is 32.2. The minimum absolute atomic E-state index is 0.121. The van der Waals surface area contributed by atoms with Gasteiger partial charge in [0.2, 0.25) is 0 Å². The van der Waals surface area contributed by atoms with Crippen molar-refractivity contribution in [2.24, 2.45) is 0 Å². The van der Waals surface area contributed by atoms with Crippen molar-refractivity contribution in [2.45, 2.75) is 18.4 Å². The lowest BCUT2D eigenvalue weighted by Gasteiger charge is -2.11. The quantitative estimate of drug-likeness (QED) is 0.743. The smallest absolute Gasteiger partial charge is 0.257 e. The topological polar surface area (TPSA) is 81.1 Å². The van der Waals surface area contributed by atoms with Crippen LogP contribution in [0.3, 0.4) is 0 Å². The summed E-state index contributed by atoms with van der Waals surface area (Å²) in [7, 11) is -3.38. The lowest BCUT2D eigenvalue weighted by Crippen LogP contribution is -2.17. The van der Waals surface area contributed by atoms with Gasteiger partial charge in [0.05, 0.1) is 17.6 Å². The summed E-state index contributed by atoms with van der Waals surface area (Å²) in [4.78, 5) is 13.9. The molecule has 0 saturated heterocycles. The van der Waals surface area contributed by atoms with Crippen LogP contribution in [0.1, 0.15) is 20.8 Å². The standard InChI is InChI=1S/C17H17N3O3S2/c1-12-5-6-14(25(2,22)23)10-15(12)17(21)19-16-7-8-18-20(16)11-13-4-3-9-24-13/h3-10H,11H2,1-2H3,(H,19,21). The molecule has 2 heterocycles. The first kappa shape index (κ1) is 17.4. The van der Waals surface area contributed by atoms with Crippen LogP contribution >= 0.6 is 11.3 Å². The Morgan fingerprint density at radius 1 is 1.28 bits per heavy atom. The van der Waals surface area contributed by atoms with Crippen LogP contribution in [0.2, 0.25) is 0 Å². The van der Waals surface area contributed by atoms with Crippen LogP contribution in [0, 0.1) is 6.92 Å². The van der Waals surface area contributed by atoms with E-state index in [4.69, 9.17) is 0 Å². The highest BCUT2D eigenvalue weighted by Crippen LogP contribution is 2.19. The molecule has 0 fully saturated rings. The number of aryl methyl sites for hydroxylation is 1. The van der Waals surface area contributed by atoms with Crippen LogP contribution in [0.15, 0.2) is 52.9 Å². The second-order valence-corrected chi connectivity index (χ2v) is 8.70. The Kier molecular flexibility index (Phi) is 4.73. The molecular formula is C17H17N3O3S2. The molecule has 0 spiro atoms. The number of hydrogen-bond donors (Lipinski definition) is 1. The van der Waals surface area contributed by atoms with E-state index < -0.39 is 9.84 Å².